The Balaban J connectivity index is 1.27. The van der Waals surface area contributed by atoms with Crippen molar-refractivity contribution in [3.8, 4) is 5.69 Å². The Hall–Kier alpha value is -3.77. The van der Waals surface area contributed by atoms with Gasteiger partial charge in [0, 0.05) is 30.7 Å². The van der Waals surface area contributed by atoms with Gasteiger partial charge in [-0.25, -0.2) is 4.68 Å². The molecule has 6 nitrogen and oxygen atoms in total. The zero-order valence-corrected chi connectivity index (χ0v) is 18.6. The lowest BCUT2D eigenvalue weighted by Crippen LogP contribution is -2.20. The number of Topliss-reactive ketones (excluding diaryl/α,β-unsaturated/α-hetero) is 1. The maximum Gasteiger partial charge on any atom is 0.194 e. The van der Waals surface area contributed by atoms with Gasteiger partial charge in [0.1, 0.15) is 5.82 Å². The van der Waals surface area contributed by atoms with Crippen molar-refractivity contribution in [1.29, 1.82) is 0 Å². The van der Waals surface area contributed by atoms with Crippen molar-refractivity contribution in [2.75, 3.05) is 18.8 Å². The third-order valence-electron chi connectivity index (χ3n) is 6.70. The molecular formula is C27H25N5O. The Morgan fingerprint density at radius 3 is 2.88 bits per heavy atom. The lowest BCUT2D eigenvalue weighted by molar-refractivity contribution is 0.103. The zero-order chi connectivity index (χ0) is 22.5. The molecular weight excluding hydrogens is 410 g/mol. The van der Waals surface area contributed by atoms with E-state index in [1.165, 1.54) is 16.7 Å². The van der Waals surface area contributed by atoms with E-state index in [1.54, 1.807) is 10.9 Å². The first-order chi connectivity index (χ1) is 16.1. The highest BCUT2D eigenvalue weighted by molar-refractivity contribution is 6.15. The van der Waals surface area contributed by atoms with Gasteiger partial charge in [0.25, 0.3) is 0 Å². The first-order valence-corrected chi connectivity index (χ1v) is 11.4. The Morgan fingerprint density at radius 2 is 2.03 bits per heavy atom. The number of benzene rings is 2. The number of aliphatic imine (C=N–C) groups is 1. The Labute approximate surface area is 192 Å². The monoisotopic (exact) mass is 435 g/mol. The number of anilines is 1. The molecule has 6 heteroatoms. The number of nitrogens with zero attached hydrogens (tertiary/aromatic N) is 3. The summed E-state index contributed by atoms with van der Waals surface area (Å²) in [6.07, 6.45) is 8.32. The van der Waals surface area contributed by atoms with Crippen LogP contribution < -0.4 is 11.1 Å². The van der Waals surface area contributed by atoms with Crippen LogP contribution in [0, 0.1) is 0 Å². The van der Waals surface area contributed by atoms with E-state index in [1.807, 2.05) is 25.1 Å². The lowest BCUT2D eigenvalue weighted by Gasteiger charge is -2.15. The average molecular weight is 436 g/mol. The molecule has 1 aromatic heterocycles. The molecule has 2 aromatic carbocycles. The fourth-order valence-electron chi connectivity index (χ4n) is 4.95. The molecule has 1 aliphatic carbocycles. The molecule has 3 heterocycles. The summed E-state index contributed by atoms with van der Waals surface area (Å²) in [5.41, 5.74) is 16.6. The number of nitrogen functional groups attached to an aromatic ring is 1. The first-order valence-electron chi connectivity index (χ1n) is 11.4. The second-order valence-corrected chi connectivity index (χ2v) is 8.96. The molecule has 3 N–H and O–H groups in total. The number of fused-ring (bicyclic) bond motifs is 2. The molecule has 0 radical (unpaired) electrons. The van der Waals surface area contributed by atoms with Gasteiger partial charge in [0.2, 0.25) is 0 Å². The predicted octanol–water partition coefficient (Wildman–Crippen LogP) is 4.30. The minimum atomic E-state index is -0.0575. The second-order valence-electron chi connectivity index (χ2n) is 8.96. The smallest absolute Gasteiger partial charge is 0.194 e. The number of ketones is 1. The number of hydrogen-bond donors (Lipinski definition) is 2. The van der Waals surface area contributed by atoms with Crippen LogP contribution in [0.2, 0.25) is 0 Å². The van der Waals surface area contributed by atoms with E-state index in [-0.39, 0.29) is 5.78 Å². The van der Waals surface area contributed by atoms with E-state index < -0.39 is 0 Å². The molecule has 6 rings (SSSR count). The minimum Gasteiger partial charge on any atom is -0.383 e. The van der Waals surface area contributed by atoms with Crippen molar-refractivity contribution in [1.82, 2.24) is 15.1 Å². The minimum absolute atomic E-state index is 0.0575. The molecule has 33 heavy (non-hydrogen) atoms. The van der Waals surface area contributed by atoms with Crippen LogP contribution in [0.25, 0.3) is 17.3 Å². The van der Waals surface area contributed by atoms with Crippen LogP contribution in [0.5, 0.6) is 0 Å². The number of carbonyl (C=O) groups excluding carboxylic acids is 1. The summed E-state index contributed by atoms with van der Waals surface area (Å²) in [5.74, 6) is 0.311. The number of allylic oxidation sites excluding steroid dienone is 1. The molecule has 3 aliphatic rings. The van der Waals surface area contributed by atoms with Crippen molar-refractivity contribution in [2.24, 2.45) is 4.99 Å². The molecule has 0 bridgehead atoms. The summed E-state index contributed by atoms with van der Waals surface area (Å²) in [6, 6.07) is 12.5. The SMILES string of the molecule is CC1=Nc2ccc(-n3ncc(C(=O)C4=Cc5cc(C6=CCNCC6)ccc5C4)c3N)cc2C1. The van der Waals surface area contributed by atoms with Gasteiger partial charge < -0.3 is 11.1 Å². The summed E-state index contributed by atoms with van der Waals surface area (Å²) in [5, 5.41) is 7.79. The fraction of sp³-hybridized carbons (Fsp3) is 0.222. The highest BCUT2D eigenvalue weighted by Gasteiger charge is 2.25. The molecule has 3 aromatic rings. The van der Waals surface area contributed by atoms with Gasteiger partial charge in [-0.1, -0.05) is 18.2 Å². The van der Waals surface area contributed by atoms with Crippen LogP contribution in [-0.2, 0) is 12.8 Å². The summed E-state index contributed by atoms with van der Waals surface area (Å²) >= 11 is 0. The topological polar surface area (TPSA) is 85.3 Å². The van der Waals surface area contributed by atoms with E-state index in [9.17, 15) is 4.79 Å². The van der Waals surface area contributed by atoms with Crippen LogP contribution in [0.4, 0.5) is 11.5 Å². The number of nitrogens with two attached hydrogens (primary N) is 1. The highest BCUT2D eigenvalue weighted by Crippen LogP contribution is 2.33. The maximum absolute atomic E-state index is 13.4. The maximum atomic E-state index is 13.4. The molecule has 0 fully saturated rings. The van der Waals surface area contributed by atoms with E-state index >= 15 is 0 Å². The van der Waals surface area contributed by atoms with E-state index in [4.69, 9.17) is 5.73 Å². The normalized spacial score (nSPS) is 16.7. The van der Waals surface area contributed by atoms with Gasteiger partial charge in [-0.15, -0.1) is 0 Å². The third-order valence-corrected chi connectivity index (χ3v) is 6.70. The van der Waals surface area contributed by atoms with Gasteiger partial charge in [-0.05, 0) is 78.1 Å². The molecule has 0 saturated heterocycles. The molecule has 0 atom stereocenters. The van der Waals surface area contributed by atoms with Gasteiger partial charge in [-0.3, -0.25) is 9.79 Å². The number of carbonyl (C=O) groups is 1. The van der Waals surface area contributed by atoms with E-state index in [0.29, 0.717) is 17.8 Å². The zero-order valence-electron chi connectivity index (χ0n) is 18.6. The van der Waals surface area contributed by atoms with Gasteiger partial charge in [0.15, 0.2) is 5.78 Å². The van der Waals surface area contributed by atoms with Crippen LogP contribution in [0.15, 0.2) is 59.2 Å². The van der Waals surface area contributed by atoms with Gasteiger partial charge in [0.05, 0.1) is 23.1 Å². The van der Waals surface area contributed by atoms with Crippen LogP contribution >= 0.6 is 0 Å². The van der Waals surface area contributed by atoms with E-state index in [0.717, 1.165) is 59.7 Å². The van der Waals surface area contributed by atoms with Gasteiger partial charge >= 0.3 is 0 Å². The van der Waals surface area contributed by atoms with Crippen molar-refractivity contribution >= 4 is 34.6 Å². The van der Waals surface area contributed by atoms with Crippen LogP contribution in [0.3, 0.4) is 0 Å². The number of hydrogen-bond acceptors (Lipinski definition) is 5. The fourth-order valence-corrected chi connectivity index (χ4v) is 4.95. The third kappa shape index (κ3) is 3.43. The number of aromatic nitrogens is 2. The molecule has 0 spiro atoms. The van der Waals surface area contributed by atoms with E-state index in [2.05, 4.69) is 45.7 Å². The average Bonchev–Trinajstić information content (AvgIpc) is 3.53. The lowest BCUT2D eigenvalue weighted by atomic mass is 9.96. The van der Waals surface area contributed by atoms with Crippen LogP contribution in [0.1, 0.15) is 46.0 Å². The van der Waals surface area contributed by atoms with Crippen molar-refractivity contribution in [3.05, 3.63) is 82.1 Å². The Morgan fingerprint density at radius 1 is 1.12 bits per heavy atom. The molecule has 0 unspecified atom stereocenters. The van der Waals surface area contributed by atoms with Crippen molar-refractivity contribution < 1.29 is 4.79 Å². The second kappa shape index (κ2) is 7.67. The Kier molecular flexibility index (Phi) is 4.62. The van der Waals surface area contributed by atoms with Gasteiger partial charge in [-0.2, -0.15) is 5.10 Å². The summed E-state index contributed by atoms with van der Waals surface area (Å²) in [7, 11) is 0. The Bertz CT molecular complexity index is 1410. The van der Waals surface area contributed by atoms with Crippen molar-refractivity contribution in [3.63, 3.8) is 0 Å². The first kappa shape index (κ1) is 19.9. The predicted molar refractivity (Wildman–Crippen MR) is 132 cm³/mol. The number of rotatable bonds is 4. The largest absolute Gasteiger partial charge is 0.383 e. The number of nitrogens with one attached hydrogen (secondary N) is 1. The molecule has 164 valence electrons. The standard InChI is InChI=1S/C27H25N5O/c1-16-10-21-14-23(4-5-25(21)31-16)32-27(28)24(15-30-32)26(33)22-12-19-3-2-18(11-20(19)13-22)17-6-8-29-9-7-17/h2-6,11,13-15,29H,7-10,12,28H2,1H3. The van der Waals surface area contributed by atoms with Crippen LogP contribution in [-0.4, -0.2) is 34.4 Å². The summed E-state index contributed by atoms with van der Waals surface area (Å²) < 4.78 is 1.64. The molecule has 2 aliphatic heterocycles. The summed E-state index contributed by atoms with van der Waals surface area (Å²) in [4.78, 5) is 17.9. The molecule has 0 amide bonds. The summed E-state index contributed by atoms with van der Waals surface area (Å²) in [6.45, 7) is 3.94. The highest BCUT2D eigenvalue weighted by atomic mass is 16.1. The quantitative estimate of drug-likeness (QED) is 0.599. The molecule has 0 saturated carbocycles. The van der Waals surface area contributed by atoms with Crippen molar-refractivity contribution in [2.45, 2.75) is 26.2 Å².